The summed E-state index contributed by atoms with van der Waals surface area (Å²) in [4.78, 5) is 23.3. The molecule has 10 heteroatoms. The van der Waals surface area contributed by atoms with Crippen molar-refractivity contribution in [3.05, 3.63) is 0 Å². The fourth-order valence-corrected chi connectivity index (χ4v) is 3.78. The summed E-state index contributed by atoms with van der Waals surface area (Å²) >= 11 is 0. The van der Waals surface area contributed by atoms with Gasteiger partial charge in [-0.15, -0.1) is 0 Å². The zero-order valence-corrected chi connectivity index (χ0v) is 17.7. The maximum Gasteiger partial charge on any atom is 0.303 e. The molecule has 0 radical (unpaired) electrons. The topological polar surface area (TPSA) is 139 Å². The molecule has 0 unspecified atom stereocenters. The number of amides is 1. The molecule has 2 fully saturated rings. The van der Waals surface area contributed by atoms with E-state index in [4.69, 9.17) is 5.11 Å². The SMILES string of the molecule is C[C@]12CNCCNC[C@](NC(=O)CCCC(=O)O)(CNCCNC1)CNCCN2. The van der Waals surface area contributed by atoms with Crippen molar-refractivity contribution < 1.29 is 14.7 Å². The van der Waals surface area contributed by atoms with E-state index in [1.165, 1.54) is 0 Å². The van der Waals surface area contributed by atoms with Gasteiger partial charge in [-0.25, -0.2) is 0 Å². The van der Waals surface area contributed by atoms with Gasteiger partial charge in [-0.2, -0.15) is 0 Å². The van der Waals surface area contributed by atoms with Crippen molar-refractivity contribution in [1.29, 1.82) is 0 Å². The van der Waals surface area contributed by atoms with Crippen LogP contribution in [0.5, 0.6) is 0 Å². The van der Waals surface area contributed by atoms with Crippen LogP contribution in [0.2, 0.25) is 0 Å². The monoisotopic (exact) mass is 413 g/mol. The third-order valence-corrected chi connectivity index (χ3v) is 5.43. The Morgan fingerprint density at radius 3 is 1.79 bits per heavy atom. The largest absolute Gasteiger partial charge is 0.481 e. The van der Waals surface area contributed by atoms with Gasteiger partial charge in [0.05, 0.1) is 5.54 Å². The molecule has 0 atom stereocenters. The van der Waals surface area contributed by atoms with Gasteiger partial charge in [0.1, 0.15) is 0 Å². The van der Waals surface area contributed by atoms with Crippen LogP contribution in [0.25, 0.3) is 0 Å². The van der Waals surface area contributed by atoms with E-state index >= 15 is 0 Å². The quantitative estimate of drug-likeness (QED) is 0.244. The van der Waals surface area contributed by atoms with Crippen LogP contribution in [0.3, 0.4) is 0 Å². The molecule has 0 aromatic heterocycles. The number of carbonyl (C=O) groups is 2. The van der Waals surface area contributed by atoms with E-state index < -0.39 is 11.5 Å². The average molecular weight is 414 g/mol. The fraction of sp³-hybridized carbons (Fsp3) is 0.895. The standard InChI is InChI=1S/C19H39N7O3/c1-18-11-20-5-7-22-13-19(15-24-9-10-25-18,14-23-8-6-21-12-18)26-16(27)3-2-4-17(28)29/h20-25H,2-15H2,1H3,(H,26,27)(H,28,29)/t18-,19-. The van der Waals surface area contributed by atoms with Crippen LogP contribution in [0.15, 0.2) is 0 Å². The van der Waals surface area contributed by atoms with Crippen molar-refractivity contribution in [2.45, 2.75) is 37.3 Å². The minimum atomic E-state index is -0.871. The lowest BCUT2D eigenvalue weighted by Crippen LogP contribution is -2.65. The molecule has 2 aliphatic rings. The summed E-state index contributed by atoms with van der Waals surface area (Å²) in [6.45, 7) is 10.8. The van der Waals surface area contributed by atoms with Gasteiger partial charge in [-0.1, -0.05) is 0 Å². The zero-order valence-electron chi connectivity index (χ0n) is 17.7. The van der Waals surface area contributed by atoms with Crippen LogP contribution in [0, 0.1) is 0 Å². The number of hydrogen-bond donors (Lipinski definition) is 8. The fourth-order valence-electron chi connectivity index (χ4n) is 3.78. The number of rotatable bonds is 5. The Balaban J connectivity index is 2.07. The third-order valence-electron chi connectivity index (χ3n) is 5.43. The molecular weight excluding hydrogens is 374 g/mol. The number of carboxylic acids is 1. The third kappa shape index (κ3) is 9.37. The van der Waals surface area contributed by atoms with Crippen molar-refractivity contribution in [2.24, 2.45) is 0 Å². The highest BCUT2D eigenvalue weighted by Gasteiger charge is 2.32. The Morgan fingerprint density at radius 1 is 0.793 bits per heavy atom. The molecule has 0 aromatic rings. The average Bonchev–Trinajstić information content (AvgIpc) is 2.68. The van der Waals surface area contributed by atoms with Crippen LogP contribution in [-0.4, -0.2) is 100 Å². The van der Waals surface area contributed by atoms with E-state index in [2.05, 4.69) is 44.1 Å². The van der Waals surface area contributed by atoms with Crippen molar-refractivity contribution in [3.63, 3.8) is 0 Å². The van der Waals surface area contributed by atoms with E-state index in [0.717, 1.165) is 52.4 Å². The number of hydrogen-bond acceptors (Lipinski definition) is 8. The van der Waals surface area contributed by atoms with Crippen molar-refractivity contribution in [2.75, 3.05) is 72.0 Å². The van der Waals surface area contributed by atoms with Crippen LogP contribution in [0.4, 0.5) is 0 Å². The molecule has 1 amide bonds. The number of nitrogens with one attached hydrogen (secondary N) is 7. The molecule has 2 heterocycles. The molecule has 0 aromatic carbocycles. The van der Waals surface area contributed by atoms with Gasteiger partial charge in [0.15, 0.2) is 0 Å². The van der Waals surface area contributed by atoms with Gasteiger partial charge < -0.3 is 42.3 Å². The second-order valence-corrected chi connectivity index (χ2v) is 8.45. The molecular formula is C19H39N7O3. The summed E-state index contributed by atoms with van der Waals surface area (Å²) in [5.41, 5.74) is -0.509. The summed E-state index contributed by atoms with van der Waals surface area (Å²) in [6.07, 6.45) is 0.579. The summed E-state index contributed by atoms with van der Waals surface area (Å²) in [5, 5.41) is 33.1. The first-order chi connectivity index (χ1) is 13.9. The maximum absolute atomic E-state index is 12.5. The van der Waals surface area contributed by atoms with Crippen LogP contribution >= 0.6 is 0 Å². The Hall–Kier alpha value is -1.30. The Kier molecular flexibility index (Phi) is 10.3. The van der Waals surface area contributed by atoms with Gasteiger partial charge in [-0.05, 0) is 13.3 Å². The van der Waals surface area contributed by atoms with E-state index in [9.17, 15) is 9.59 Å². The lowest BCUT2D eigenvalue weighted by molar-refractivity contribution is -0.137. The number of carbonyl (C=O) groups excluding carboxylic acids is 1. The second-order valence-electron chi connectivity index (χ2n) is 8.45. The van der Waals surface area contributed by atoms with Crippen LogP contribution in [0.1, 0.15) is 26.2 Å². The van der Waals surface area contributed by atoms with Gasteiger partial charge >= 0.3 is 5.97 Å². The first-order valence-corrected chi connectivity index (χ1v) is 10.7. The van der Waals surface area contributed by atoms with Gasteiger partial charge in [0, 0.05) is 90.4 Å². The van der Waals surface area contributed by atoms with Crippen molar-refractivity contribution >= 4 is 11.9 Å². The molecule has 2 bridgehead atoms. The summed E-state index contributed by atoms with van der Waals surface area (Å²) < 4.78 is 0. The summed E-state index contributed by atoms with van der Waals surface area (Å²) in [7, 11) is 0. The van der Waals surface area contributed by atoms with Crippen molar-refractivity contribution in [1.82, 2.24) is 37.2 Å². The highest BCUT2D eigenvalue weighted by atomic mass is 16.4. The minimum Gasteiger partial charge on any atom is -0.481 e. The molecule has 0 saturated carbocycles. The molecule has 2 aliphatic heterocycles. The van der Waals surface area contributed by atoms with E-state index in [1.54, 1.807) is 0 Å². The smallest absolute Gasteiger partial charge is 0.303 e. The first-order valence-electron chi connectivity index (χ1n) is 10.7. The Morgan fingerprint density at radius 2 is 1.28 bits per heavy atom. The predicted octanol–water partition coefficient (Wildman–Crippen LogP) is -2.58. The molecule has 29 heavy (non-hydrogen) atoms. The molecule has 0 spiro atoms. The molecule has 0 aliphatic carbocycles. The van der Waals surface area contributed by atoms with E-state index in [0.29, 0.717) is 26.1 Å². The Labute approximate surface area is 173 Å². The molecule has 10 nitrogen and oxygen atoms in total. The lowest BCUT2D eigenvalue weighted by atomic mass is 9.97. The first kappa shape index (κ1) is 24.0. The minimum absolute atomic E-state index is 0.0109. The van der Waals surface area contributed by atoms with Crippen LogP contribution < -0.4 is 37.2 Å². The predicted molar refractivity (Wildman–Crippen MR) is 113 cm³/mol. The lowest BCUT2D eigenvalue weighted by Gasteiger charge is -2.36. The number of carboxylic acid groups (broad SMARTS) is 1. The van der Waals surface area contributed by atoms with E-state index in [-0.39, 0.29) is 24.3 Å². The zero-order chi connectivity index (χ0) is 21.0. The van der Waals surface area contributed by atoms with Gasteiger partial charge in [-0.3, -0.25) is 9.59 Å². The highest BCUT2D eigenvalue weighted by molar-refractivity contribution is 5.77. The highest BCUT2D eigenvalue weighted by Crippen LogP contribution is 2.06. The van der Waals surface area contributed by atoms with Gasteiger partial charge in [0.25, 0.3) is 0 Å². The van der Waals surface area contributed by atoms with Gasteiger partial charge in [0.2, 0.25) is 5.91 Å². The van der Waals surface area contributed by atoms with E-state index in [1.807, 2.05) is 0 Å². The molecule has 2 rings (SSSR count). The summed E-state index contributed by atoms with van der Waals surface area (Å²) in [5.74, 6) is -0.975. The normalized spacial score (nSPS) is 30.4. The molecule has 8 N–H and O–H groups in total. The maximum atomic E-state index is 12.5. The van der Waals surface area contributed by atoms with Crippen LogP contribution in [-0.2, 0) is 9.59 Å². The second kappa shape index (κ2) is 12.4. The molecule has 2 saturated heterocycles. The van der Waals surface area contributed by atoms with Crippen molar-refractivity contribution in [3.8, 4) is 0 Å². The number of fused-ring (bicyclic) bond motifs is 6. The molecule has 168 valence electrons. The summed E-state index contributed by atoms with van der Waals surface area (Å²) in [6, 6.07) is 0. The number of aliphatic carboxylic acids is 1. The Bertz CT molecular complexity index is 502.